The van der Waals surface area contributed by atoms with Crippen molar-refractivity contribution in [2.45, 2.75) is 32.0 Å². The van der Waals surface area contributed by atoms with Gasteiger partial charge in [0.25, 0.3) is 0 Å². The van der Waals surface area contributed by atoms with Crippen molar-refractivity contribution >= 4 is 38.2 Å². The Hall–Kier alpha value is -2.32. The molecule has 1 aromatic carbocycles. The summed E-state index contributed by atoms with van der Waals surface area (Å²) >= 11 is -0.0680. The van der Waals surface area contributed by atoms with Crippen LogP contribution in [0.4, 0.5) is 21.5 Å². The third-order valence-corrected chi connectivity index (χ3v) is 5.40. The number of hydrogen-bond donors (Lipinski definition) is 1. The number of hydrazone groups is 1. The molecule has 0 spiro atoms. The van der Waals surface area contributed by atoms with E-state index in [2.05, 4.69) is 10.5 Å². The van der Waals surface area contributed by atoms with Gasteiger partial charge in [-0.1, -0.05) is 0 Å². The molecule has 1 N–H and O–H groups in total. The van der Waals surface area contributed by atoms with Gasteiger partial charge in [0, 0.05) is 0 Å². The summed E-state index contributed by atoms with van der Waals surface area (Å²) in [7, 11) is 0. The van der Waals surface area contributed by atoms with Crippen LogP contribution in [0.15, 0.2) is 33.6 Å². The summed E-state index contributed by atoms with van der Waals surface area (Å²) in [5.74, 6) is -0.0927. The average Bonchev–Trinajstić information content (AvgIpc) is 2.57. The number of nitrogens with zero attached hydrogens (tertiary/aromatic N) is 3. The van der Waals surface area contributed by atoms with Crippen molar-refractivity contribution in [3.63, 3.8) is 0 Å². The van der Waals surface area contributed by atoms with Crippen LogP contribution in [0.25, 0.3) is 0 Å². The molecule has 0 bridgehead atoms. The van der Waals surface area contributed by atoms with Crippen molar-refractivity contribution in [2.24, 2.45) is 5.10 Å². The molecule has 0 atom stereocenters. The zero-order valence-electron chi connectivity index (χ0n) is 13.2. The van der Waals surface area contributed by atoms with Gasteiger partial charge in [0.15, 0.2) is 0 Å². The molecule has 0 saturated heterocycles. The van der Waals surface area contributed by atoms with E-state index < -0.39 is 15.5 Å². The minimum atomic E-state index is -0.719. The maximum atomic E-state index is 13.5. The summed E-state index contributed by atoms with van der Waals surface area (Å²) in [6, 6.07) is 3.26. The number of nitro benzene ring substituents is 2. The zero-order valence-corrected chi connectivity index (χ0v) is 14.9. The molecule has 0 unspecified atom stereocenters. The molecule has 0 amide bonds. The van der Waals surface area contributed by atoms with E-state index in [1.54, 1.807) is 6.92 Å². The molecule has 0 radical (unpaired) electrons. The van der Waals surface area contributed by atoms with Crippen LogP contribution in [0.2, 0.25) is 5.32 Å². The monoisotopic (exact) mass is 404 g/mol. The van der Waals surface area contributed by atoms with Gasteiger partial charge in [-0.3, -0.25) is 0 Å². The predicted molar refractivity (Wildman–Crippen MR) is 91.1 cm³/mol. The molecule has 24 heavy (non-hydrogen) atoms. The first-order chi connectivity index (χ1) is 11.4. The van der Waals surface area contributed by atoms with Gasteiger partial charge in [0.1, 0.15) is 0 Å². The number of benzene rings is 1. The molecular weight excluding hydrogens is 386 g/mol. The first-order valence-corrected chi connectivity index (χ1v) is 9.18. The van der Waals surface area contributed by atoms with E-state index in [-0.39, 0.29) is 32.2 Å². The van der Waals surface area contributed by atoms with E-state index in [4.69, 9.17) is 0 Å². The minimum absolute atomic E-state index is 0.0559. The first kappa shape index (κ1) is 19.7. The Labute approximate surface area is 144 Å². The molecule has 1 rings (SSSR count). The van der Waals surface area contributed by atoms with Crippen LogP contribution >= 0.6 is 0 Å². The van der Waals surface area contributed by atoms with E-state index in [1.807, 2.05) is 6.92 Å². The number of hydrogen-bond acceptors (Lipinski definition) is 6. The standard InChI is InChI=1S/C14H17FN4O4Se/c1-3-11(15)14(4-2)24-8-7-16-17-12-6-5-10(18(20)21)9-13(12)19(22)23/h5-7,9,17H,3-4,8H2,1-2H3/b14-11+,16-7+. The number of nitro groups is 2. The molecule has 10 heteroatoms. The number of allylic oxidation sites excluding steroid dienone is 2. The molecule has 0 aliphatic carbocycles. The number of halogens is 1. The van der Waals surface area contributed by atoms with E-state index in [9.17, 15) is 24.6 Å². The van der Waals surface area contributed by atoms with Gasteiger partial charge in [0.05, 0.1) is 0 Å². The fraction of sp³-hybridized carbons (Fsp3) is 0.357. The summed E-state index contributed by atoms with van der Waals surface area (Å²) in [5.41, 5.74) is 1.76. The molecule has 0 heterocycles. The molecule has 0 aliphatic rings. The van der Waals surface area contributed by atoms with Crippen molar-refractivity contribution in [1.29, 1.82) is 0 Å². The van der Waals surface area contributed by atoms with E-state index in [0.29, 0.717) is 18.2 Å². The third-order valence-electron chi connectivity index (χ3n) is 2.93. The summed E-state index contributed by atoms with van der Waals surface area (Å²) in [6.45, 7) is 3.65. The van der Waals surface area contributed by atoms with Crippen molar-refractivity contribution in [1.82, 2.24) is 0 Å². The second-order valence-corrected chi connectivity index (χ2v) is 6.82. The van der Waals surface area contributed by atoms with Crippen LogP contribution in [0.5, 0.6) is 0 Å². The van der Waals surface area contributed by atoms with Crippen LogP contribution < -0.4 is 5.43 Å². The molecular formula is C14H17FN4O4Se. The summed E-state index contributed by atoms with van der Waals surface area (Å²) in [4.78, 5) is 20.2. The molecule has 0 aliphatic heterocycles. The summed E-state index contributed by atoms with van der Waals surface area (Å²) in [6.07, 6.45) is 2.54. The summed E-state index contributed by atoms with van der Waals surface area (Å²) < 4.78 is 14.3. The van der Waals surface area contributed by atoms with Gasteiger partial charge in [-0.25, -0.2) is 0 Å². The third kappa shape index (κ3) is 5.71. The van der Waals surface area contributed by atoms with Crippen LogP contribution in [-0.4, -0.2) is 31.0 Å². The first-order valence-electron chi connectivity index (χ1n) is 7.11. The number of rotatable bonds is 9. The molecule has 130 valence electrons. The van der Waals surface area contributed by atoms with Crippen LogP contribution in [0.3, 0.4) is 0 Å². The van der Waals surface area contributed by atoms with E-state index in [1.165, 1.54) is 12.3 Å². The van der Waals surface area contributed by atoms with Crippen molar-refractivity contribution in [3.05, 3.63) is 48.7 Å². The molecule has 0 aromatic heterocycles. The van der Waals surface area contributed by atoms with Crippen LogP contribution in [0, 0.1) is 20.2 Å². The number of non-ortho nitro benzene ring substituents is 1. The normalized spacial score (nSPS) is 12.1. The van der Waals surface area contributed by atoms with Gasteiger partial charge in [-0.15, -0.1) is 0 Å². The second-order valence-electron chi connectivity index (χ2n) is 4.49. The topological polar surface area (TPSA) is 111 Å². The van der Waals surface area contributed by atoms with Crippen molar-refractivity contribution in [3.8, 4) is 0 Å². The average molecular weight is 403 g/mol. The molecule has 8 nitrogen and oxygen atoms in total. The van der Waals surface area contributed by atoms with Crippen LogP contribution in [0.1, 0.15) is 26.7 Å². The SMILES string of the molecule is CC/C(F)=C(/CC)[Se]C/C=N/Nc1ccc([N+](=O)[O-])cc1[N+](=O)[O-]. The second kappa shape index (κ2) is 9.74. The molecule has 0 fully saturated rings. The quantitative estimate of drug-likeness (QED) is 0.290. The Bertz CT molecular complexity index is 679. The van der Waals surface area contributed by atoms with Gasteiger partial charge in [-0.2, -0.15) is 0 Å². The predicted octanol–water partition coefficient (Wildman–Crippen LogP) is 4.02. The maximum absolute atomic E-state index is 13.5. The Morgan fingerprint density at radius 1 is 1.29 bits per heavy atom. The Balaban J connectivity index is 2.74. The Kier molecular flexibility index (Phi) is 8.00. The van der Waals surface area contributed by atoms with Gasteiger partial charge < -0.3 is 0 Å². The number of anilines is 1. The number of nitrogens with one attached hydrogen (secondary N) is 1. The zero-order chi connectivity index (χ0) is 18.1. The van der Waals surface area contributed by atoms with E-state index in [0.717, 1.165) is 16.6 Å². The fourth-order valence-electron chi connectivity index (χ4n) is 1.74. The van der Waals surface area contributed by atoms with Gasteiger partial charge in [-0.05, 0) is 0 Å². The van der Waals surface area contributed by atoms with Crippen molar-refractivity contribution in [2.75, 3.05) is 5.43 Å². The van der Waals surface area contributed by atoms with Gasteiger partial charge in [0.2, 0.25) is 0 Å². The van der Waals surface area contributed by atoms with Crippen LogP contribution in [-0.2, 0) is 0 Å². The molecule has 0 saturated carbocycles. The van der Waals surface area contributed by atoms with E-state index >= 15 is 0 Å². The summed E-state index contributed by atoms with van der Waals surface area (Å²) in [5, 5.41) is 26.0. The van der Waals surface area contributed by atoms with Gasteiger partial charge >= 0.3 is 144 Å². The Morgan fingerprint density at radius 3 is 2.54 bits per heavy atom. The Morgan fingerprint density at radius 2 is 2.00 bits per heavy atom. The van der Waals surface area contributed by atoms with Crippen molar-refractivity contribution < 1.29 is 14.2 Å². The molecule has 1 aromatic rings. The fourth-order valence-corrected chi connectivity index (χ4v) is 3.53.